The molecule has 0 aliphatic carbocycles. The fraction of sp³-hybridized carbons (Fsp3) is 0.872. The van der Waals surface area contributed by atoms with E-state index in [-0.39, 0.29) is 69.3 Å². The number of rotatable bonds is 0. The van der Waals surface area contributed by atoms with Crippen molar-refractivity contribution in [3.8, 4) is 0 Å². The molecular weight excluding hydrogens is 918 g/mol. The highest BCUT2D eigenvalue weighted by Crippen LogP contribution is 2.28. The maximum Gasteiger partial charge on any atom is 0.490 e. The number of ketones is 1. The van der Waals surface area contributed by atoms with Crippen LogP contribution in [-0.4, -0.2) is 178 Å². The monoisotopic (exact) mass is 987 g/mol. The molecule has 64 heavy (non-hydrogen) atoms. The van der Waals surface area contributed by atoms with Gasteiger partial charge >= 0.3 is 30.4 Å². The Hall–Kier alpha value is -3.12. The van der Waals surface area contributed by atoms with Crippen LogP contribution in [0.5, 0.6) is 0 Å². The molecule has 0 bridgehead atoms. The van der Waals surface area contributed by atoms with Crippen molar-refractivity contribution in [3.63, 3.8) is 0 Å². The largest absolute Gasteiger partial charge is 0.490 e. The number of hydrogen-bond acceptors (Lipinski definition) is 12. The molecule has 5 aliphatic heterocycles. The number of carboxylic acid groups (broad SMARTS) is 1. The summed E-state index contributed by atoms with van der Waals surface area (Å²) in [7, 11) is 0. The van der Waals surface area contributed by atoms with Crippen molar-refractivity contribution < 1.29 is 84.2 Å². The quantitative estimate of drug-likeness (QED) is 0.0935. The lowest BCUT2D eigenvalue weighted by molar-refractivity contribution is -0.192. The standard InChI is InChI=1S/C9H15F2NO2.C9H17NO3.C9H15NO3.C4H7F2N.C4H9NO.C2HF3O2.CH2Cl2.CH4/c1-8(2,3)14-7(13)12-5-4-9(10,11)6-12;2*1-9(2,3)13-8(12)10-5-4-7(11)6-10;5-4(6)1-2-7-3-4;6-4-1-2-5-3-4;3-2(4,5)1(6)7;2-1-3;/h4-6H2,1-3H3;7,11H,4-6H2,1-3H3;4-6H2,1-3H3;7H,1-3H2;4-6H,1-3H2;(H,6,7);1H2;1H4/t;7-;;;4-;;;/m.1..1.../s1. The van der Waals surface area contributed by atoms with E-state index in [1.165, 1.54) is 9.80 Å². The number of likely N-dealkylation sites (tertiary alicyclic amines) is 3. The third kappa shape index (κ3) is 35.2. The zero-order valence-electron chi connectivity index (χ0n) is 37.3. The molecule has 0 aromatic carbocycles. The van der Waals surface area contributed by atoms with Gasteiger partial charge in [0.1, 0.15) is 16.8 Å². The van der Waals surface area contributed by atoms with Gasteiger partial charge in [-0.3, -0.25) is 4.79 Å². The fourth-order valence-electron chi connectivity index (χ4n) is 4.84. The van der Waals surface area contributed by atoms with E-state index < -0.39 is 59.5 Å². The Labute approximate surface area is 381 Å². The van der Waals surface area contributed by atoms with Gasteiger partial charge in [-0.2, -0.15) is 13.2 Å². The number of alkyl halides is 9. The van der Waals surface area contributed by atoms with Crippen LogP contribution in [0.4, 0.5) is 45.1 Å². The van der Waals surface area contributed by atoms with Crippen molar-refractivity contribution in [2.75, 3.05) is 70.8 Å². The molecule has 380 valence electrons. The van der Waals surface area contributed by atoms with Crippen LogP contribution >= 0.6 is 23.2 Å². The lowest BCUT2D eigenvalue weighted by atomic mass is 10.2. The second-order valence-electron chi connectivity index (χ2n) is 17.4. The third-order valence-electron chi connectivity index (χ3n) is 7.64. The minimum Gasteiger partial charge on any atom is -0.475 e. The minimum absolute atomic E-state index is 0. The Morgan fingerprint density at radius 1 is 0.703 bits per heavy atom. The second-order valence-corrected chi connectivity index (χ2v) is 18.2. The number of carboxylic acids is 1. The average molecular weight is 989 g/mol. The Bertz CT molecular complexity index is 1390. The maximum absolute atomic E-state index is 12.7. The number of ether oxygens (including phenoxy) is 3. The number of halogens is 9. The molecule has 25 heteroatoms. The summed E-state index contributed by atoms with van der Waals surface area (Å²) >= 11 is 9.53. The van der Waals surface area contributed by atoms with E-state index in [2.05, 4.69) is 10.6 Å². The summed E-state index contributed by atoms with van der Waals surface area (Å²) in [6.07, 6.45) is -5.13. The number of aliphatic hydroxyl groups excluding tert-OH is 2. The van der Waals surface area contributed by atoms with Crippen molar-refractivity contribution >= 4 is 53.2 Å². The van der Waals surface area contributed by atoms with Crippen molar-refractivity contribution in [2.45, 2.75) is 149 Å². The number of carbonyl (C=O) groups is 5. The van der Waals surface area contributed by atoms with Gasteiger partial charge in [0.05, 0.1) is 37.2 Å². The molecule has 0 saturated carbocycles. The van der Waals surface area contributed by atoms with E-state index in [1.54, 1.807) is 20.8 Å². The molecule has 0 aromatic rings. The van der Waals surface area contributed by atoms with Crippen LogP contribution in [0.1, 0.15) is 102 Å². The number of hydrogen-bond donors (Lipinski definition) is 5. The van der Waals surface area contributed by atoms with Gasteiger partial charge in [-0.1, -0.05) is 7.43 Å². The second kappa shape index (κ2) is 29.5. The first-order chi connectivity index (χ1) is 28.4. The summed E-state index contributed by atoms with van der Waals surface area (Å²) in [6, 6.07) is 0. The van der Waals surface area contributed by atoms with Crippen LogP contribution in [0, 0.1) is 0 Å². The molecule has 0 unspecified atom stereocenters. The number of nitrogens with one attached hydrogen (secondary N) is 2. The normalized spacial score (nSPS) is 20.8. The summed E-state index contributed by atoms with van der Waals surface area (Å²) in [5, 5.41) is 30.8. The van der Waals surface area contributed by atoms with Gasteiger partial charge in [0.2, 0.25) is 0 Å². The fourth-order valence-corrected chi connectivity index (χ4v) is 4.84. The predicted octanol–water partition coefficient (Wildman–Crippen LogP) is 7.09. The number of carbonyl (C=O) groups excluding carboxylic acids is 4. The summed E-state index contributed by atoms with van der Waals surface area (Å²) in [5.74, 6) is -7.82. The van der Waals surface area contributed by atoms with Gasteiger partial charge < -0.3 is 54.9 Å². The van der Waals surface area contributed by atoms with E-state index in [9.17, 15) is 55.0 Å². The minimum atomic E-state index is -5.08. The van der Waals surface area contributed by atoms with E-state index in [1.807, 2.05) is 41.5 Å². The highest BCUT2D eigenvalue weighted by molar-refractivity contribution is 6.40. The molecule has 0 radical (unpaired) electrons. The van der Waals surface area contributed by atoms with E-state index in [0.29, 0.717) is 39.0 Å². The summed E-state index contributed by atoms with van der Waals surface area (Å²) < 4.78 is 96.2. The molecule has 5 aliphatic rings. The molecule has 2 atom stereocenters. The lowest BCUT2D eigenvalue weighted by Crippen LogP contribution is -2.36. The number of β-amino-alcohol motifs (C(OH)–C–C–N with tert-alkyl or cyclic N) is 2. The molecule has 5 N–H and O–H groups in total. The van der Waals surface area contributed by atoms with Gasteiger partial charge in [0.15, 0.2) is 5.78 Å². The van der Waals surface area contributed by atoms with Crippen molar-refractivity contribution in [1.82, 2.24) is 25.3 Å². The van der Waals surface area contributed by atoms with Crippen LogP contribution in [0.25, 0.3) is 0 Å². The van der Waals surface area contributed by atoms with Gasteiger partial charge in [-0.05, 0) is 81.7 Å². The molecule has 16 nitrogen and oxygen atoms in total. The highest BCUT2D eigenvalue weighted by atomic mass is 35.5. The Kier molecular flexibility index (Phi) is 30.0. The summed E-state index contributed by atoms with van der Waals surface area (Å²) in [5.41, 5.74) is -1.57. The van der Waals surface area contributed by atoms with Crippen LogP contribution in [0.2, 0.25) is 0 Å². The number of aliphatic hydroxyl groups is 2. The van der Waals surface area contributed by atoms with Gasteiger partial charge in [0.25, 0.3) is 11.8 Å². The molecular formula is C39H70Cl2F7N5O11. The molecule has 5 fully saturated rings. The average Bonchev–Trinajstić information content (AvgIpc) is 3.94. The first kappa shape index (κ1) is 65.2. The Balaban J connectivity index is -0.000000704. The first-order valence-corrected chi connectivity index (χ1v) is 20.9. The van der Waals surface area contributed by atoms with Crippen LogP contribution in [0.3, 0.4) is 0 Å². The highest BCUT2D eigenvalue weighted by Gasteiger charge is 2.42. The van der Waals surface area contributed by atoms with E-state index in [0.717, 1.165) is 24.4 Å². The molecule has 5 rings (SSSR count). The van der Waals surface area contributed by atoms with E-state index >= 15 is 0 Å². The Morgan fingerprint density at radius 2 is 1.16 bits per heavy atom. The first-order valence-electron chi connectivity index (χ1n) is 19.8. The zero-order valence-corrected chi connectivity index (χ0v) is 38.8. The molecule has 0 spiro atoms. The smallest absolute Gasteiger partial charge is 0.475 e. The SMILES string of the molecule is C.CC(C)(C)OC(=O)N1CCC(=O)C1.CC(C)(C)OC(=O)N1CCC(F)(F)C1.CC(C)(C)OC(=O)N1CC[C@@H](O)C1.ClCCl.FC1(F)CCNC1.O=C(O)C(F)(F)F.O[C@@H]1CCNC1. The number of nitrogens with zero attached hydrogens (tertiary/aromatic N) is 3. The number of amides is 3. The van der Waals surface area contributed by atoms with Crippen LogP contribution < -0.4 is 10.6 Å². The number of Topliss-reactive ketones (excluding diaryl/α,β-unsaturated/α-hetero) is 1. The van der Waals surface area contributed by atoms with Crippen LogP contribution in [0.15, 0.2) is 0 Å². The third-order valence-corrected chi connectivity index (χ3v) is 7.64. The van der Waals surface area contributed by atoms with Crippen molar-refractivity contribution in [3.05, 3.63) is 0 Å². The zero-order chi connectivity index (χ0) is 49.6. The summed E-state index contributed by atoms with van der Waals surface area (Å²) in [6.45, 7) is 19.4. The lowest BCUT2D eigenvalue weighted by Gasteiger charge is -2.24. The Morgan fingerprint density at radius 3 is 1.39 bits per heavy atom. The van der Waals surface area contributed by atoms with Gasteiger partial charge in [-0.15, -0.1) is 23.2 Å². The van der Waals surface area contributed by atoms with Crippen LogP contribution in [-0.2, 0) is 23.8 Å². The molecule has 5 heterocycles. The maximum atomic E-state index is 12.7. The van der Waals surface area contributed by atoms with Gasteiger partial charge in [0, 0.05) is 58.5 Å². The molecule has 5 saturated heterocycles. The van der Waals surface area contributed by atoms with Crippen molar-refractivity contribution in [1.29, 1.82) is 0 Å². The van der Waals surface area contributed by atoms with Crippen molar-refractivity contribution in [2.24, 2.45) is 0 Å². The topological polar surface area (TPSA) is 208 Å². The van der Waals surface area contributed by atoms with Gasteiger partial charge in [-0.25, -0.2) is 36.7 Å². The number of aliphatic carboxylic acids is 1. The molecule has 0 aromatic heterocycles. The predicted molar refractivity (Wildman–Crippen MR) is 226 cm³/mol. The van der Waals surface area contributed by atoms with E-state index in [4.69, 9.17) is 52.4 Å². The summed E-state index contributed by atoms with van der Waals surface area (Å²) in [4.78, 5) is 57.9. The molecule has 3 amide bonds.